The van der Waals surface area contributed by atoms with Gasteiger partial charge in [0.2, 0.25) is 0 Å². The van der Waals surface area contributed by atoms with Crippen LogP contribution >= 0.6 is 11.6 Å². The molecule has 1 aliphatic heterocycles. The highest BCUT2D eigenvalue weighted by Crippen LogP contribution is 2.38. The van der Waals surface area contributed by atoms with Gasteiger partial charge in [0.1, 0.15) is 13.2 Å². The molecule has 0 aliphatic carbocycles. The molecule has 0 aromatic heterocycles. The van der Waals surface area contributed by atoms with Crippen molar-refractivity contribution in [1.29, 1.82) is 0 Å². The van der Waals surface area contributed by atoms with Gasteiger partial charge in [-0.15, -0.1) is 0 Å². The smallest absolute Gasteiger partial charge is 0.339 e. The van der Waals surface area contributed by atoms with Gasteiger partial charge >= 0.3 is 5.97 Å². The zero-order chi connectivity index (χ0) is 20.3. The van der Waals surface area contributed by atoms with Crippen molar-refractivity contribution in [3.63, 3.8) is 0 Å². The Balaban J connectivity index is 1.69. The van der Waals surface area contributed by atoms with Crippen molar-refractivity contribution in [3.05, 3.63) is 52.5 Å². The molecule has 148 valence electrons. The molecule has 0 spiro atoms. The lowest BCUT2D eigenvalue weighted by Gasteiger charge is -2.20. The number of nitrogens with one attached hydrogen (secondary N) is 1. The Labute approximate surface area is 168 Å². The van der Waals surface area contributed by atoms with Crippen LogP contribution in [0, 0.1) is 0 Å². The van der Waals surface area contributed by atoms with E-state index < -0.39 is 18.0 Å². The Morgan fingerprint density at radius 1 is 1.11 bits per heavy atom. The summed E-state index contributed by atoms with van der Waals surface area (Å²) in [6, 6.07) is 10.5. The maximum atomic E-state index is 12.5. The Bertz CT molecular complexity index is 896. The lowest BCUT2D eigenvalue weighted by atomic mass is 10.0. The van der Waals surface area contributed by atoms with E-state index in [9.17, 15) is 9.59 Å². The fourth-order valence-corrected chi connectivity index (χ4v) is 3.12. The van der Waals surface area contributed by atoms with E-state index in [1.54, 1.807) is 0 Å². The monoisotopic (exact) mass is 403 g/mol. The van der Waals surface area contributed by atoms with Crippen molar-refractivity contribution in [2.45, 2.75) is 32.8 Å². The number of amides is 1. The van der Waals surface area contributed by atoms with E-state index in [1.165, 1.54) is 19.1 Å². The number of ether oxygens (including phenoxy) is 3. The quantitative estimate of drug-likeness (QED) is 0.748. The topological polar surface area (TPSA) is 73.9 Å². The number of esters is 1. The zero-order valence-electron chi connectivity index (χ0n) is 16.0. The summed E-state index contributed by atoms with van der Waals surface area (Å²) in [6.45, 7) is 6.37. The molecule has 0 saturated heterocycles. The summed E-state index contributed by atoms with van der Waals surface area (Å²) in [5.41, 5.74) is 1.90. The largest absolute Gasteiger partial charge is 0.486 e. The number of hydrogen-bond donors (Lipinski definition) is 1. The summed E-state index contributed by atoms with van der Waals surface area (Å²) in [4.78, 5) is 25.0. The van der Waals surface area contributed by atoms with E-state index in [4.69, 9.17) is 25.8 Å². The van der Waals surface area contributed by atoms with Crippen molar-refractivity contribution >= 4 is 29.2 Å². The number of carbonyl (C=O) groups is 2. The predicted molar refractivity (Wildman–Crippen MR) is 106 cm³/mol. The highest BCUT2D eigenvalue weighted by Gasteiger charge is 2.24. The molecule has 2 aromatic rings. The van der Waals surface area contributed by atoms with Gasteiger partial charge in [-0.1, -0.05) is 43.6 Å². The van der Waals surface area contributed by atoms with Crippen LogP contribution in [0.3, 0.4) is 0 Å². The van der Waals surface area contributed by atoms with Crippen LogP contribution in [0.25, 0.3) is 0 Å². The summed E-state index contributed by atoms with van der Waals surface area (Å²) in [5.74, 6) is -0.0489. The second-order valence-electron chi connectivity index (χ2n) is 6.76. The fraction of sp³-hybridized carbons (Fsp3) is 0.333. The van der Waals surface area contributed by atoms with Crippen LogP contribution in [-0.2, 0) is 9.53 Å². The number of fused-ring (bicyclic) bond motifs is 1. The first-order valence-corrected chi connectivity index (χ1v) is 9.44. The van der Waals surface area contributed by atoms with Gasteiger partial charge in [0, 0.05) is 5.69 Å². The molecule has 1 amide bonds. The number of para-hydroxylation sites is 1. The highest BCUT2D eigenvalue weighted by molar-refractivity contribution is 6.32. The van der Waals surface area contributed by atoms with Crippen molar-refractivity contribution in [2.75, 3.05) is 18.5 Å². The summed E-state index contributed by atoms with van der Waals surface area (Å²) in [6.07, 6.45) is -0.986. The maximum Gasteiger partial charge on any atom is 0.339 e. The number of carbonyl (C=O) groups excluding carboxylic acids is 2. The van der Waals surface area contributed by atoms with Crippen LogP contribution in [0.15, 0.2) is 36.4 Å². The minimum absolute atomic E-state index is 0.191. The third-order valence-electron chi connectivity index (χ3n) is 4.33. The minimum atomic E-state index is -0.986. The summed E-state index contributed by atoms with van der Waals surface area (Å²) in [7, 11) is 0. The minimum Gasteiger partial charge on any atom is -0.486 e. The average molecular weight is 404 g/mol. The van der Waals surface area contributed by atoms with E-state index in [1.807, 2.05) is 38.1 Å². The molecular formula is C21H22ClNO5. The van der Waals surface area contributed by atoms with E-state index >= 15 is 0 Å². The number of halogens is 1. The molecule has 0 radical (unpaired) electrons. The van der Waals surface area contributed by atoms with Crippen LogP contribution in [0.5, 0.6) is 11.5 Å². The van der Waals surface area contributed by atoms with Crippen LogP contribution in [-0.4, -0.2) is 31.2 Å². The average Bonchev–Trinajstić information content (AvgIpc) is 2.68. The molecule has 0 fully saturated rings. The van der Waals surface area contributed by atoms with E-state index in [2.05, 4.69) is 5.32 Å². The van der Waals surface area contributed by atoms with Crippen LogP contribution < -0.4 is 14.8 Å². The second-order valence-corrected chi connectivity index (χ2v) is 7.17. The molecule has 1 atom stereocenters. The van der Waals surface area contributed by atoms with E-state index in [0.29, 0.717) is 30.4 Å². The molecule has 3 rings (SSSR count). The molecule has 0 unspecified atom stereocenters. The van der Waals surface area contributed by atoms with Gasteiger partial charge in [0.15, 0.2) is 17.6 Å². The van der Waals surface area contributed by atoms with Gasteiger partial charge in [-0.2, -0.15) is 0 Å². The highest BCUT2D eigenvalue weighted by atomic mass is 35.5. The molecule has 2 aromatic carbocycles. The molecule has 6 nitrogen and oxygen atoms in total. The van der Waals surface area contributed by atoms with Gasteiger partial charge in [-0.3, -0.25) is 4.79 Å². The predicted octanol–water partition coefficient (Wildman–Crippen LogP) is 4.42. The summed E-state index contributed by atoms with van der Waals surface area (Å²) in [5, 5.41) is 3.08. The molecule has 1 heterocycles. The molecule has 28 heavy (non-hydrogen) atoms. The zero-order valence-corrected chi connectivity index (χ0v) is 16.7. The lowest BCUT2D eigenvalue weighted by Crippen LogP contribution is -2.30. The number of benzene rings is 2. The van der Waals surface area contributed by atoms with Crippen molar-refractivity contribution in [2.24, 2.45) is 0 Å². The normalized spacial score (nSPS) is 13.8. The Morgan fingerprint density at radius 3 is 2.57 bits per heavy atom. The van der Waals surface area contributed by atoms with Crippen LogP contribution in [0.1, 0.15) is 42.6 Å². The third-order valence-corrected chi connectivity index (χ3v) is 4.61. The lowest BCUT2D eigenvalue weighted by molar-refractivity contribution is -0.123. The van der Waals surface area contributed by atoms with Crippen LogP contribution in [0.4, 0.5) is 5.69 Å². The van der Waals surface area contributed by atoms with Gasteiger partial charge in [-0.25, -0.2) is 4.79 Å². The first kappa shape index (κ1) is 20.0. The van der Waals surface area contributed by atoms with Gasteiger partial charge in [0.25, 0.3) is 5.91 Å². The van der Waals surface area contributed by atoms with Gasteiger partial charge in [0.05, 0.1) is 10.6 Å². The third kappa shape index (κ3) is 4.39. The standard InChI is InChI=1S/C21H22ClNO5/c1-12(2)15-6-4-5-7-17(15)23-20(24)13(3)28-21(25)14-10-16(22)19-18(11-14)26-8-9-27-19/h4-7,10-13H,8-9H2,1-3H3,(H,23,24)/t13-/m1/s1. The number of hydrogen-bond acceptors (Lipinski definition) is 5. The van der Waals surface area contributed by atoms with Crippen molar-refractivity contribution < 1.29 is 23.8 Å². The number of anilines is 1. The molecular weight excluding hydrogens is 382 g/mol. The summed E-state index contributed by atoms with van der Waals surface area (Å²) < 4.78 is 16.2. The SMILES string of the molecule is CC(C)c1ccccc1NC(=O)[C@@H](C)OC(=O)c1cc(Cl)c2c(c1)OCCO2. The molecule has 0 bridgehead atoms. The van der Waals surface area contributed by atoms with Gasteiger partial charge in [-0.05, 0) is 36.6 Å². The maximum absolute atomic E-state index is 12.5. The number of rotatable bonds is 5. The fourth-order valence-electron chi connectivity index (χ4n) is 2.86. The van der Waals surface area contributed by atoms with Gasteiger partial charge < -0.3 is 19.5 Å². The van der Waals surface area contributed by atoms with Crippen LogP contribution in [0.2, 0.25) is 5.02 Å². The molecule has 1 N–H and O–H groups in total. The Morgan fingerprint density at radius 2 is 1.82 bits per heavy atom. The first-order chi connectivity index (χ1) is 13.4. The molecule has 1 aliphatic rings. The van der Waals surface area contributed by atoms with E-state index in [-0.39, 0.29) is 16.5 Å². The van der Waals surface area contributed by atoms with Crippen molar-refractivity contribution in [1.82, 2.24) is 0 Å². The molecule has 7 heteroatoms. The Hall–Kier alpha value is -2.73. The van der Waals surface area contributed by atoms with Crippen molar-refractivity contribution in [3.8, 4) is 11.5 Å². The van der Waals surface area contributed by atoms with E-state index in [0.717, 1.165) is 5.56 Å². The molecule has 0 saturated carbocycles. The Kier molecular flexibility index (Phi) is 6.09. The summed E-state index contributed by atoms with van der Waals surface area (Å²) >= 11 is 6.15. The first-order valence-electron chi connectivity index (χ1n) is 9.06. The second kappa shape index (κ2) is 8.52.